The number of fused-ring (bicyclic) bond motifs is 1. The topological polar surface area (TPSA) is 29.9 Å². The highest BCUT2D eigenvalue weighted by molar-refractivity contribution is 5.76. The van der Waals surface area contributed by atoms with Crippen LogP contribution in [0.2, 0.25) is 0 Å². The number of nitrogens with one attached hydrogen (secondary N) is 1. The Morgan fingerprint density at radius 2 is 2.22 bits per heavy atom. The number of piperidine rings is 1. The Morgan fingerprint density at radius 3 is 3.00 bits per heavy atom. The first-order valence-corrected chi connectivity index (χ1v) is 6.83. The molecule has 0 bridgehead atoms. The summed E-state index contributed by atoms with van der Waals surface area (Å²) in [7, 11) is 2.13. The van der Waals surface area contributed by atoms with Gasteiger partial charge in [0.2, 0.25) is 0 Å². The summed E-state index contributed by atoms with van der Waals surface area (Å²) in [6.45, 7) is 5.55. The van der Waals surface area contributed by atoms with E-state index in [4.69, 9.17) is 4.98 Å². The molecule has 1 saturated heterocycles. The molecule has 0 radical (unpaired) electrons. The molecule has 2 heterocycles. The highest BCUT2D eigenvalue weighted by atomic mass is 15.1. The summed E-state index contributed by atoms with van der Waals surface area (Å²) in [5.74, 6) is 1.85. The highest BCUT2D eigenvalue weighted by Gasteiger charge is 2.26. The molecule has 96 valence electrons. The van der Waals surface area contributed by atoms with Gasteiger partial charge in [-0.05, 0) is 49.9 Å². The SMILES string of the molecule is Cc1ccc2c(c1)nc(C1NCCCC1C)n2C. The van der Waals surface area contributed by atoms with E-state index in [1.807, 2.05) is 0 Å². The third-order valence-electron chi connectivity index (χ3n) is 4.12. The van der Waals surface area contributed by atoms with Crippen molar-refractivity contribution >= 4 is 11.0 Å². The number of benzene rings is 1. The van der Waals surface area contributed by atoms with Crippen molar-refractivity contribution in [2.45, 2.75) is 32.7 Å². The van der Waals surface area contributed by atoms with E-state index in [0.717, 1.165) is 12.1 Å². The van der Waals surface area contributed by atoms with Crippen molar-refractivity contribution in [3.63, 3.8) is 0 Å². The third-order valence-corrected chi connectivity index (χ3v) is 4.12. The highest BCUT2D eigenvalue weighted by Crippen LogP contribution is 2.30. The third kappa shape index (κ3) is 1.83. The van der Waals surface area contributed by atoms with Gasteiger partial charge in [0.25, 0.3) is 0 Å². The van der Waals surface area contributed by atoms with E-state index in [1.54, 1.807) is 0 Å². The molecule has 1 N–H and O–H groups in total. The monoisotopic (exact) mass is 243 g/mol. The summed E-state index contributed by atoms with van der Waals surface area (Å²) in [6, 6.07) is 6.91. The Morgan fingerprint density at radius 1 is 1.39 bits per heavy atom. The summed E-state index contributed by atoms with van der Waals surface area (Å²) in [5, 5.41) is 3.62. The standard InChI is InChI=1S/C15H21N3/c1-10-6-7-13-12(9-10)17-15(18(13)3)14-11(2)5-4-8-16-14/h6-7,9,11,14,16H,4-5,8H2,1-3H3. The van der Waals surface area contributed by atoms with Crippen molar-refractivity contribution in [2.75, 3.05) is 6.54 Å². The number of hydrogen-bond acceptors (Lipinski definition) is 2. The smallest absolute Gasteiger partial charge is 0.127 e. The van der Waals surface area contributed by atoms with Gasteiger partial charge in [-0.3, -0.25) is 0 Å². The number of rotatable bonds is 1. The van der Waals surface area contributed by atoms with Crippen molar-refractivity contribution in [3.8, 4) is 0 Å². The number of nitrogens with zero attached hydrogens (tertiary/aromatic N) is 2. The molecule has 2 atom stereocenters. The molecule has 2 unspecified atom stereocenters. The van der Waals surface area contributed by atoms with Crippen LogP contribution < -0.4 is 5.32 Å². The average molecular weight is 243 g/mol. The van der Waals surface area contributed by atoms with E-state index in [9.17, 15) is 0 Å². The van der Waals surface area contributed by atoms with Gasteiger partial charge in [0.1, 0.15) is 5.82 Å². The molecular weight excluding hydrogens is 222 g/mol. The van der Waals surface area contributed by atoms with E-state index >= 15 is 0 Å². The fourth-order valence-electron chi connectivity index (χ4n) is 3.00. The second-order valence-corrected chi connectivity index (χ2v) is 5.57. The van der Waals surface area contributed by atoms with Gasteiger partial charge >= 0.3 is 0 Å². The largest absolute Gasteiger partial charge is 0.330 e. The molecule has 0 spiro atoms. The Kier molecular flexibility index (Phi) is 2.86. The molecule has 1 aromatic heterocycles. The van der Waals surface area contributed by atoms with Gasteiger partial charge in [0.05, 0.1) is 17.1 Å². The summed E-state index contributed by atoms with van der Waals surface area (Å²) in [5.41, 5.74) is 3.62. The van der Waals surface area contributed by atoms with Crippen LogP contribution in [0.15, 0.2) is 18.2 Å². The van der Waals surface area contributed by atoms with Crippen LogP contribution in [0.3, 0.4) is 0 Å². The Balaban J connectivity index is 2.08. The summed E-state index contributed by atoms with van der Waals surface area (Å²) in [4.78, 5) is 4.85. The van der Waals surface area contributed by atoms with E-state index in [-0.39, 0.29) is 0 Å². The van der Waals surface area contributed by atoms with Crippen molar-refractivity contribution in [1.29, 1.82) is 0 Å². The second kappa shape index (κ2) is 4.39. The molecule has 1 fully saturated rings. The van der Waals surface area contributed by atoms with E-state index < -0.39 is 0 Å². The van der Waals surface area contributed by atoms with Crippen LogP contribution in [0.25, 0.3) is 11.0 Å². The van der Waals surface area contributed by atoms with Gasteiger partial charge in [0, 0.05) is 7.05 Å². The first-order chi connectivity index (χ1) is 8.66. The van der Waals surface area contributed by atoms with Crippen LogP contribution in [0, 0.1) is 12.8 Å². The molecule has 0 amide bonds. The lowest BCUT2D eigenvalue weighted by Gasteiger charge is -2.29. The van der Waals surface area contributed by atoms with E-state index in [0.29, 0.717) is 12.0 Å². The molecule has 3 heteroatoms. The predicted molar refractivity (Wildman–Crippen MR) is 74.6 cm³/mol. The first-order valence-electron chi connectivity index (χ1n) is 6.83. The van der Waals surface area contributed by atoms with Gasteiger partial charge in [-0.15, -0.1) is 0 Å². The Bertz CT molecular complexity index is 570. The predicted octanol–water partition coefficient (Wildman–Crippen LogP) is 2.94. The maximum atomic E-state index is 4.85. The summed E-state index contributed by atoms with van der Waals surface area (Å²) < 4.78 is 2.24. The summed E-state index contributed by atoms with van der Waals surface area (Å²) >= 11 is 0. The first kappa shape index (κ1) is 11.7. The zero-order valence-electron chi connectivity index (χ0n) is 11.4. The fourth-order valence-corrected chi connectivity index (χ4v) is 3.00. The van der Waals surface area contributed by atoms with Crippen molar-refractivity contribution in [2.24, 2.45) is 13.0 Å². The molecule has 3 nitrogen and oxygen atoms in total. The van der Waals surface area contributed by atoms with Crippen molar-refractivity contribution in [1.82, 2.24) is 14.9 Å². The lowest BCUT2D eigenvalue weighted by molar-refractivity contribution is 0.291. The van der Waals surface area contributed by atoms with Crippen molar-refractivity contribution < 1.29 is 0 Å². The number of imidazole rings is 1. The second-order valence-electron chi connectivity index (χ2n) is 5.57. The van der Waals surface area contributed by atoms with Crippen LogP contribution in [-0.2, 0) is 7.05 Å². The van der Waals surface area contributed by atoms with E-state index in [1.165, 1.54) is 29.7 Å². The minimum atomic E-state index is 0.399. The number of hydrogen-bond donors (Lipinski definition) is 1. The van der Waals surface area contributed by atoms with E-state index in [2.05, 4.69) is 49.0 Å². The minimum Gasteiger partial charge on any atom is -0.330 e. The molecular formula is C15H21N3. The maximum absolute atomic E-state index is 4.85. The van der Waals surface area contributed by atoms with Crippen LogP contribution in [0.1, 0.15) is 37.2 Å². The minimum absolute atomic E-state index is 0.399. The van der Waals surface area contributed by atoms with Gasteiger partial charge in [-0.25, -0.2) is 4.98 Å². The fraction of sp³-hybridized carbons (Fsp3) is 0.533. The Labute approximate surface area is 108 Å². The molecule has 3 rings (SSSR count). The number of aromatic nitrogens is 2. The summed E-state index contributed by atoms with van der Waals surface area (Å²) in [6.07, 6.45) is 2.57. The lowest BCUT2D eigenvalue weighted by Crippen LogP contribution is -2.34. The van der Waals surface area contributed by atoms with Gasteiger partial charge < -0.3 is 9.88 Å². The normalized spacial score (nSPS) is 24.6. The molecule has 2 aromatic rings. The molecule has 1 aromatic carbocycles. The average Bonchev–Trinajstić information content (AvgIpc) is 2.67. The van der Waals surface area contributed by atoms with Crippen LogP contribution in [-0.4, -0.2) is 16.1 Å². The van der Waals surface area contributed by atoms with Crippen LogP contribution in [0.5, 0.6) is 0 Å². The number of aryl methyl sites for hydroxylation is 2. The van der Waals surface area contributed by atoms with Gasteiger partial charge in [0.15, 0.2) is 0 Å². The van der Waals surface area contributed by atoms with Crippen molar-refractivity contribution in [3.05, 3.63) is 29.6 Å². The van der Waals surface area contributed by atoms with Gasteiger partial charge in [-0.2, -0.15) is 0 Å². The maximum Gasteiger partial charge on any atom is 0.127 e. The van der Waals surface area contributed by atoms with Crippen LogP contribution >= 0.6 is 0 Å². The zero-order valence-corrected chi connectivity index (χ0v) is 11.4. The van der Waals surface area contributed by atoms with Crippen LogP contribution in [0.4, 0.5) is 0 Å². The lowest BCUT2D eigenvalue weighted by atomic mass is 9.92. The molecule has 0 aliphatic carbocycles. The quantitative estimate of drug-likeness (QED) is 0.834. The molecule has 1 aliphatic rings. The molecule has 0 saturated carbocycles. The Hall–Kier alpha value is -1.35. The molecule has 18 heavy (non-hydrogen) atoms. The van der Waals surface area contributed by atoms with Gasteiger partial charge in [-0.1, -0.05) is 13.0 Å². The zero-order chi connectivity index (χ0) is 12.7. The molecule has 1 aliphatic heterocycles.